The molecule has 2 saturated heterocycles. The van der Waals surface area contributed by atoms with E-state index in [0.29, 0.717) is 17.3 Å². The maximum atomic E-state index is 13.2. The minimum Gasteiger partial charge on any atom is -0.337 e. The molecule has 2 aromatic heterocycles. The van der Waals surface area contributed by atoms with Gasteiger partial charge in [0, 0.05) is 24.8 Å². The highest BCUT2D eigenvalue weighted by Crippen LogP contribution is 2.26. The van der Waals surface area contributed by atoms with Crippen LogP contribution >= 0.6 is 0 Å². The lowest BCUT2D eigenvalue weighted by atomic mass is 10.0. The molecule has 2 fully saturated rings. The van der Waals surface area contributed by atoms with Crippen LogP contribution in [0, 0.1) is 13.8 Å². The van der Waals surface area contributed by atoms with Gasteiger partial charge in [0.1, 0.15) is 0 Å². The van der Waals surface area contributed by atoms with Gasteiger partial charge in [-0.1, -0.05) is 5.16 Å². The van der Waals surface area contributed by atoms with Gasteiger partial charge in [-0.15, -0.1) is 0 Å². The van der Waals surface area contributed by atoms with E-state index in [1.807, 2.05) is 24.8 Å². The molecule has 4 rings (SSSR count). The highest BCUT2D eigenvalue weighted by Gasteiger charge is 2.31. The summed E-state index contributed by atoms with van der Waals surface area (Å²) in [6.45, 7) is 7.76. The van der Waals surface area contributed by atoms with Crippen molar-refractivity contribution in [2.45, 2.75) is 45.6 Å². The number of nitrogens with zero attached hydrogens (tertiary/aromatic N) is 4. The van der Waals surface area contributed by atoms with Crippen LogP contribution in [0.1, 0.15) is 47.4 Å². The van der Waals surface area contributed by atoms with Crippen molar-refractivity contribution < 1.29 is 9.32 Å². The zero-order valence-electron chi connectivity index (χ0n) is 14.4. The highest BCUT2D eigenvalue weighted by molar-refractivity contribution is 6.06. The SMILES string of the molecule is Cc1cc(C(=O)N2CCCC(N3CCCC3)C2)c2c(C)noc2n1. The Hall–Kier alpha value is -1.95. The molecule has 0 bridgehead atoms. The molecule has 0 saturated carbocycles. The van der Waals surface area contributed by atoms with E-state index in [0.717, 1.165) is 36.3 Å². The smallest absolute Gasteiger partial charge is 0.258 e. The van der Waals surface area contributed by atoms with E-state index in [-0.39, 0.29) is 5.91 Å². The number of carbonyl (C=O) groups excluding carboxylic acids is 1. The molecule has 1 atom stereocenters. The van der Waals surface area contributed by atoms with Gasteiger partial charge in [-0.3, -0.25) is 9.69 Å². The fraction of sp³-hybridized carbons (Fsp3) is 0.611. The Bertz CT molecular complexity index is 764. The van der Waals surface area contributed by atoms with Gasteiger partial charge in [0.05, 0.1) is 16.6 Å². The van der Waals surface area contributed by atoms with Gasteiger partial charge in [0.25, 0.3) is 11.6 Å². The van der Waals surface area contributed by atoms with Gasteiger partial charge in [-0.2, -0.15) is 0 Å². The first kappa shape index (κ1) is 15.6. The standard InChI is InChI=1S/C18H24N4O2/c1-12-10-15(16-13(2)20-24-17(16)19-12)18(23)22-9-5-6-14(11-22)21-7-3-4-8-21/h10,14H,3-9,11H2,1-2H3. The third-order valence-electron chi connectivity index (χ3n) is 5.32. The molecule has 0 radical (unpaired) electrons. The number of piperidine rings is 1. The fourth-order valence-corrected chi connectivity index (χ4v) is 4.10. The van der Waals surface area contributed by atoms with Crippen LogP contribution in [-0.4, -0.2) is 58.1 Å². The van der Waals surface area contributed by atoms with Crippen molar-refractivity contribution in [2.24, 2.45) is 0 Å². The fourth-order valence-electron chi connectivity index (χ4n) is 4.10. The van der Waals surface area contributed by atoms with E-state index >= 15 is 0 Å². The summed E-state index contributed by atoms with van der Waals surface area (Å²) >= 11 is 0. The topological polar surface area (TPSA) is 62.5 Å². The average molecular weight is 328 g/mol. The molecule has 0 N–H and O–H groups in total. The Balaban J connectivity index is 1.62. The molecule has 0 aliphatic carbocycles. The van der Waals surface area contributed by atoms with E-state index in [1.165, 1.54) is 32.4 Å². The minimum absolute atomic E-state index is 0.0840. The zero-order chi connectivity index (χ0) is 16.7. The van der Waals surface area contributed by atoms with E-state index in [2.05, 4.69) is 15.0 Å². The largest absolute Gasteiger partial charge is 0.337 e. The van der Waals surface area contributed by atoms with Crippen molar-refractivity contribution in [3.8, 4) is 0 Å². The van der Waals surface area contributed by atoms with Crippen LogP contribution in [0.25, 0.3) is 11.1 Å². The van der Waals surface area contributed by atoms with Crippen LogP contribution in [-0.2, 0) is 0 Å². The molecular weight excluding hydrogens is 304 g/mol. The number of fused-ring (bicyclic) bond motifs is 1. The molecular formula is C18H24N4O2. The van der Waals surface area contributed by atoms with Crippen LogP contribution in [0.3, 0.4) is 0 Å². The monoisotopic (exact) mass is 328 g/mol. The lowest BCUT2D eigenvalue weighted by molar-refractivity contribution is 0.0609. The summed E-state index contributed by atoms with van der Waals surface area (Å²) in [6, 6.07) is 2.38. The zero-order valence-corrected chi connectivity index (χ0v) is 14.4. The maximum Gasteiger partial charge on any atom is 0.258 e. The summed E-state index contributed by atoms with van der Waals surface area (Å²) in [7, 11) is 0. The molecule has 6 heteroatoms. The summed E-state index contributed by atoms with van der Waals surface area (Å²) in [5, 5.41) is 4.74. The normalized spacial score (nSPS) is 22.4. The molecule has 2 aromatic rings. The van der Waals surface area contributed by atoms with Crippen LogP contribution in [0.4, 0.5) is 0 Å². The number of aromatic nitrogens is 2. The van der Waals surface area contributed by atoms with Crippen LogP contribution in [0.2, 0.25) is 0 Å². The second-order valence-corrected chi connectivity index (χ2v) is 7.05. The number of hydrogen-bond donors (Lipinski definition) is 0. The Labute approximate surface area is 141 Å². The number of aryl methyl sites for hydroxylation is 2. The van der Waals surface area contributed by atoms with Gasteiger partial charge in [0.15, 0.2) is 0 Å². The number of hydrogen-bond acceptors (Lipinski definition) is 5. The summed E-state index contributed by atoms with van der Waals surface area (Å²) in [4.78, 5) is 22.1. The Morgan fingerprint density at radius 3 is 2.79 bits per heavy atom. The summed E-state index contributed by atoms with van der Waals surface area (Å²) in [6.07, 6.45) is 4.84. The molecule has 1 amide bonds. The predicted molar refractivity (Wildman–Crippen MR) is 91.0 cm³/mol. The van der Waals surface area contributed by atoms with Crippen molar-refractivity contribution in [3.63, 3.8) is 0 Å². The number of likely N-dealkylation sites (tertiary alicyclic amines) is 2. The maximum absolute atomic E-state index is 13.2. The lowest BCUT2D eigenvalue weighted by Gasteiger charge is -2.37. The molecule has 2 aliphatic rings. The van der Waals surface area contributed by atoms with Gasteiger partial charge in [-0.25, -0.2) is 4.98 Å². The summed E-state index contributed by atoms with van der Waals surface area (Å²) in [5.41, 5.74) is 2.66. The van der Waals surface area contributed by atoms with Crippen molar-refractivity contribution in [2.75, 3.05) is 26.2 Å². The molecule has 2 aliphatic heterocycles. The van der Waals surface area contributed by atoms with Crippen LogP contribution in [0.15, 0.2) is 10.6 Å². The Morgan fingerprint density at radius 2 is 2.00 bits per heavy atom. The molecule has 1 unspecified atom stereocenters. The molecule has 4 heterocycles. The lowest BCUT2D eigenvalue weighted by Crippen LogP contribution is -2.49. The number of carbonyl (C=O) groups is 1. The first-order chi connectivity index (χ1) is 11.6. The number of pyridine rings is 1. The summed E-state index contributed by atoms with van der Waals surface area (Å²) < 4.78 is 5.27. The van der Waals surface area contributed by atoms with Crippen molar-refractivity contribution >= 4 is 17.0 Å². The van der Waals surface area contributed by atoms with E-state index < -0.39 is 0 Å². The first-order valence-electron chi connectivity index (χ1n) is 8.90. The Kier molecular flexibility index (Phi) is 4.00. The molecule has 24 heavy (non-hydrogen) atoms. The van der Waals surface area contributed by atoms with E-state index in [9.17, 15) is 4.79 Å². The number of amides is 1. The third kappa shape index (κ3) is 2.69. The van der Waals surface area contributed by atoms with Gasteiger partial charge in [0.2, 0.25) is 0 Å². The minimum atomic E-state index is 0.0840. The average Bonchev–Trinajstić information content (AvgIpc) is 3.24. The van der Waals surface area contributed by atoms with E-state index in [4.69, 9.17) is 4.52 Å². The summed E-state index contributed by atoms with van der Waals surface area (Å²) in [5.74, 6) is 0.0840. The second kappa shape index (κ2) is 6.16. The van der Waals surface area contributed by atoms with Crippen LogP contribution in [0.5, 0.6) is 0 Å². The van der Waals surface area contributed by atoms with Gasteiger partial charge >= 0.3 is 0 Å². The van der Waals surface area contributed by atoms with Gasteiger partial charge in [-0.05, 0) is 58.7 Å². The predicted octanol–water partition coefficient (Wildman–Crippen LogP) is 2.54. The third-order valence-corrected chi connectivity index (χ3v) is 5.32. The number of rotatable bonds is 2. The van der Waals surface area contributed by atoms with Gasteiger partial charge < -0.3 is 9.42 Å². The van der Waals surface area contributed by atoms with Crippen molar-refractivity contribution in [3.05, 3.63) is 23.0 Å². The molecule has 0 spiro atoms. The molecule has 0 aromatic carbocycles. The van der Waals surface area contributed by atoms with E-state index in [1.54, 1.807) is 0 Å². The molecule has 128 valence electrons. The van der Waals surface area contributed by atoms with Crippen LogP contribution < -0.4 is 0 Å². The van der Waals surface area contributed by atoms with Crippen molar-refractivity contribution in [1.82, 2.24) is 19.9 Å². The van der Waals surface area contributed by atoms with Crippen molar-refractivity contribution in [1.29, 1.82) is 0 Å². The first-order valence-corrected chi connectivity index (χ1v) is 8.90. The molecule has 6 nitrogen and oxygen atoms in total. The highest BCUT2D eigenvalue weighted by atomic mass is 16.5. The second-order valence-electron chi connectivity index (χ2n) is 7.05. The Morgan fingerprint density at radius 1 is 1.21 bits per heavy atom. The quantitative estimate of drug-likeness (QED) is 0.848.